The van der Waals surface area contributed by atoms with Gasteiger partial charge in [0.25, 0.3) is 0 Å². The van der Waals surface area contributed by atoms with Crippen LogP contribution in [0.15, 0.2) is 0 Å². The second-order valence-electron chi connectivity index (χ2n) is 3.27. The van der Waals surface area contributed by atoms with Crippen molar-refractivity contribution in [1.29, 1.82) is 0 Å². The van der Waals surface area contributed by atoms with E-state index in [1.807, 2.05) is 0 Å². The lowest BCUT2D eigenvalue weighted by Crippen LogP contribution is -2.31. The summed E-state index contributed by atoms with van der Waals surface area (Å²) in [4.78, 5) is 21.1. The number of ketones is 1. The molecule has 0 bridgehead atoms. The van der Waals surface area contributed by atoms with Gasteiger partial charge in [-0.2, -0.15) is 0 Å². The Morgan fingerprint density at radius 2 is 2.08 bits per heavy atom. The lowest BCUT2D eigenvalue weighted by Gasteiger charge is -2.08. The summed E-state index contributed by atoms with van der Waals surface area (Å²) < 4.78 is 0. The molecule has 0 aliphatic heterocycles. The van der Waals surface area contributed by atoms with Crippen LogP contribution in [0.4, 0.5) is 4.79 Å². The van der Waals surface area contributed by atoms with Gasteiger partial charge in [0.1, 0.15) is 5.78 Å². The Morgan fingerprint density at radius 3 is 2.50 bits per heavy atom. The van der Waals surface area contributed by atoms with E-state index in [4.69, 9.17) is 5.11 Å². The van der Waals surface area contributed by atoms with Crippen molar-refractivity contribution in [2.24, 2.45) is 5.92 Å². The summed E-state index contributed by atoms with van der Waals surface area (Å²) in [5.74, 6) is 0.242. The van der Waals surface area contributed by atoms with Crippen molar-refractivity contribution in [1.82, 2.24) is 5.32 Å². The van der Waals surface area contributed by atoms with Gasteiger partial charge in [0.2, 0.25) is 0 Å². The highest BCUT2D eigenvalue weighted by molar-refractivity contribution is 5.78. The molecular formula is C8H13NO3. The quantitative estimate of drug-likeness (QED) is 0.651. The normalized spacial score (nSPS) is 28.4. The summed E-state index contributed by atoms with van der Waals surface area (Å²) in [6.07, 6.45) is 1.28. The minimum absolute atomic E-state index is 0.0172. The summed E-state index contributed by atoms with van der Waals surface area (Å²) in [6.45, 7) is 1.56. The van der Waals surface area contributed by atoms with Gasteiger partial charge < -0.3 is 10.4 Å². The van der Waals surface area contributed by atoms with Crippen molar-refractivity contribution in [3.05, 3.63) is 0 Å². The van der Waals surface area contributed by atoms with Gasteiger partial charge in [-0.25, -0.2) is 4.79 Å². The van der Waals surface area contributed by atoms with Gasteiger partial charge >= 0.3 is 6.09 Å². The standard InChI is InChI=1S/C8H13NO3/c1-5(10)6-2-3-7(4-6)9-8(11)12/h6-7,9H,2-4H2,1H3,(H,11,12)/t6-,7+/m1/s1. The molecular weight excluding hydrogens is 158 g/mol. The fourth-order valence-corrected chi connectivity index (χ4v) is 1.66. The first kappa shape index (κ1) is 9.03. The van der Waals surface area contributed by atoms with E-state index in [1.165, 1.54) is 0 Å². The summed E-state index contributed by atoms with van der Waals surface area (Å²) in [5.41, 5.74) is 0. The van der Waals surface area contributed by atoms with E-state index in [9.17, 15) is 9.59 Å². The second kappa shape index (κ2) is 3.56. The van der Waals surface area contributed by atoms with Gasteiger partial charge in [0.05, 0.1) is 0 Å². The van der Waals surface area contributed by atoms with Crippen molar-refractivity contribution in [2.45, 2.75) is 32.2 Å². The van der Waals surface area contributed by atoms with Crippen LogP contribution in [0.1, 0.15) is 26.2 Å². The molecule has 4 heteroatoms. The molecule has 12 heavy (non-hydrogen) atoms. The maximum absolute atomic E-state index is 10.9. The minimum Gasteiger partial charge on any atom is -0.465 e. The molecule has 0 radical (unpaired) electrons. The van der Waals surface area contributed by atoms with Gasteiger partial charge in [0, 0.05) is 12.0 Å². The Hall–Kier alpha value is -1.06. The number of carboxylic acid groups (broad SMARTS) is 1. The number of carbonyl (C=O) groups excluding carboxylic acids is 1. The van der Waals surface area contributed by atoms with Crippen LogP contribution in [-0.2, 0) is 4.79 Å². The zero-order valence-electron chi connectivity index (χ0n) is 7.04. The zero-order chi connectivity index (χ0) is 9.14. The largest absolute Gasteiger partial charge is 0.465 e. The summed E-state index contributed by atoms with van der Waals surface area (Å²) in [5, 5.41) is 10.8. The molecule has 2 atom stereocenters. The molecule has 1 aliphatic carbocycles. The average molecular weight is 171 g/mol. The summed E-state index contributed by atoms with van der Waals surface area (Å²) >= 11 is 0. The lowest BCUT2D eigenvalue weighted by atomic mass is 10.0. The molecule has 2 N–H and O–H groups in total. The fraction of sp³-hybridized carbons (Fsp3) is 0.750. The fourth-order valence-electron chi connectivity index (χ4n) is 1.66. The third-order valence-corrected chi connectivity index (χ3v) is 2.34. The van der Waals surface area contributed by atoms with Crippen LogP contribution in [0.3, 0.4) is 0 Å². The van der Waals surface area contributed by atoms with Gasteiger partial charge in [-0.1, -0.05) is 0 Å². The van der Waals surface area contributed by atoms with Crippen molar-refractivity contribution in [2.75, 3.05) is 0 Å². The third kappa shape index (κ3) is 2.22. The first-order valence-electron chi connectivity index (χ1n) is 4.09. The molecule has 1 rings (SSSR count). The maximum atomic E-state index is 10.9. The van der Waals surface area contributed by atoms with Crippen LogP contribution in [0.5, 0.6) is 0 Å². The van der Waals surface area contributed by atoms with Gasteiger partial charge in [0.15, 0.2) is 0 Å². The van der Waals surface area contributed by atoms with Crippen LogP contribution in [0.2, 0.25) is 0 Å². The minimum atomic E-state index is -0.996. The van der Waals surface area contributed by atoms with Crippen LogP contribution in [-0.4, -0.2) is 23.0 Å². The van der Waals surface area contributed by atoms with Gasteiger partial charge in [-0.05, 0) is 26.2 Å². The SMILES string of the molecule is CC(=O)[C@@H]1CC[C@H](NC(=O)O)C1. The molecule has 0 unspecified atom stereocenters. The van der Waals surface area contributed by atoms with Crippen LogP contribution >= 0.6 is 0 Å². The molecule has 0 heterocycles. The predicted molar refractivity (Wildman–Crippen MR) is 43.0 cm³/mol. The highest BCUT2D eigenvalue weighted by Gasteiger charge is 2.28. The van der Waals surface area contributed by atoms with E-state index in [1.54, 1.807) is 6.92 Å². The van der Waals surface area contributed by atoms with E-state index in [-0.39, 0.29) is 17.7 Å². The highest BCUT2D eigenvalue weighted by Crippen LogP contribution is 2.25. The molecule has 0 aromatic carbocycles. The number of hydrogen-bond acceptors (Lipinski definition) is 2. The monoisotopic (exact) mass is 171 g/mol. The average Bonchev–Trinajstić information content (AvgIpc) is 2.34. The molecule has 0 saturated heterocycles. The third-order valence-electron chi connectivity index (χ3n) is 2.34. The lowest BCUT2D eigenvalue weighted by molar-refractivity contribution is -0.120. The molecule has 0 spiro atoms. The number of carbonyl (C=O) groups is 2. The highest BCUT2D eigenvalue weighted by atomic mass is 16.4. The van der Waals surface area contributed by atoms with E-state index < -0.39 is 6.09 Å². The van der Waals surface area contributed by atoms with Gasteiger partial charge in [-0.15, -0.1) is 0 Å². The molecule has 1 amide bonds. The topological polar surface area (TPSA) is 66.4 Å². The predicted octanol–water partition coefficient (Wildman–Crippen LogP) is 1.01. The number of nitrogens with one attached hydrogen (secondary N) is 1. The Labute approximate surface area is 71.0 Å². The molecule has 68 valence electrons. The van der Waals surface area contributed by atoms with E-state index in [0.717, 1.165) is 12.8 Å². The van der Waals surface area contributed by atoms with Crippen LogP contribution in [0, 0.1) is 5.92 Å². The number of Topliss-reactive ketones (excluding diaryl/α,β-unsaturated/α-hetero) is 1. The first-order valence-corrected chi connectivity index (χ1v) is 4.09. The molecule has 1 saturated carbocycles. The maximum Gasteiger partial charge on any atom is 0.404 e. The Balaban J connectivity index is 2.35. The van der Waals surface area contributed by atoms with Crippen molar-refractivity contribution in [3.8, 4) is 0 Å². The smallest absolute Gasteiger partial charge is 0.404 e. The molecule has 0 aromatic rings. The Kier molecular flexibility index (Phi) is 2.68. The van der Waals surface area contributed by atoms with Crippen molar-refractivity contribution < 1.29 is 14.7 Å². The first-order chi connectivity index (χ1) is 5.59. The Bertz CT molecular complexity index is 202. The Morgan fingerprint density at radius 1 is 1.42 bits per heavy atom. The van der Waals surface area contributed by atoms with Crippen LogP contribution in [0.25, 0.3) is 0 Å². The summed E-state index contributed by atoms with van der Waals surface area (Å²) in [7, 11) is 0. The molecule has 0 aromatic heterocycles. The van der Waals surface area contributed by atoms with E-state index >= 15 is 0 Å². The van der Waals surface area contributed by atoms with E-state index in [0.29, 0.717) is 6.42 Å². The van der Waals surface area contributed by atoms with E-state index in [2.05, 4.69) is 5.32 Å². The zero-order valence-corrected chi connectivity index (χ0v) is 7.04. The molecule has 1 fully saturated rings. The van der Waals surface area contributed by atoms with Crippen molar-refractivity contribution in [3.63, 3.8) is 0 Å². The number of amides is 1. The summed E-state index contributed by atoms with van der Waals surface area (Å²) in [6, 6.07) is -0.0172. The second-order valence-corrected chi connectivity index (χ2v) is 3.27. The van der Waals surface area contributed by atoms with Crippen molar-refractivity contribution >= 4 is 11.9 Å². The number of rotatable bonds is 2. The number of hydrogen-bond donors (Lipinski definition) is 2. The van der Waals surface area contributed by atoms with Gasteiger partial charge in [-0.3, -0.25) is 4.79 Å². The molecule has 4 nitrogen and oxygen atoms in total. The van der Waals surface area contributed by atoms with Crippen LogP contribution < -0.4 is 5.32 Å². The molecule has 1 aliphatic rings.